The number of hydrogen-bond donors (Lipinski definition) is 5. The van der Waals surface area contributed by atoms with E-state index in [0.29, 0.717) is 25.1 Å². The molecule has 1 saturated heterocycles. The van der Waals surface area contributed by atoms with Crippen molar-refractivity contribution in [1.29, 1.82) is 0 Å². The molecule has 0 bridgehead atoms. The third kappa shape index (κ3) is 5.92. The number of aliphatic imine (C=N–C) groups is 1. The Labute approximate surface area is 170 Å². The summed E-state index contributed by atoms with van der Waals surface area (Å²) in [5, 5.41) is 11.1. The molecule has 8 nitrogen and oxygen atoms in total. The molecule has 2 atom stereocenters. The summed E-state index contributed by atoms with van der Waals surface area (Å²) in [6.45, 7) is 1.22. The predicted octanol–water partition coefficient (Wildman–Crippen LogP) is 1.07. The van der Waals surface area contributed by atoms with E-state index in [4.69, 9.17) is 11.5 Å². The van der Waals surface area contributed by atoms with Crippen LogP contribution in [0.3, 0.4) is 0 Å². The van der Waals surface area contributed by atoms with Gasteiger partial charge >= 0.3 is 0 Å². The van der Waals surface area contributed by atoms with E-state index in [1.807, 2.05) is 42.5 Å². The van der Waals surface area contributed by atoms with E-state index >= 15 is 0 Å². The lowest BCUT2D eigenvalue weighted by molar-refractivity contribution is -0.127. The molecule has 2 aromatic carbocycles. The summed E-state index contributed by atoms with van der Waals surface area (Å²) in [6.07, 6.45) is 2.75. The van der Waals surface area contributed by atoms with Crippen LogP contribution in [0.2, 0.25) is 0 Å². The van der Waals surface area contributed by atoms with E-state index in [-0.39, 0.29) is 23.8 Å². The van der Waals surface area contributed by atoms with Gasteiger partial charge in [-0.15, -0.1) is 0 Å². The first-order chi connectivity index (χ1) is 14.0. The Morgan fingerprint density at radius 2 is 1.97 bits per heavy atom. The third-order valence-corrected chi connectivity index (χ3v) is 4.97. The fourth-order valence-corrected chi connectivity index (χ4v) is 3.45. The largest absolute Gasteiger partial charge is 0.370 e. The predicted molar refractivity (Wildman–Crippen MR) is 115 cm³/mol. The van der Waals surface area contributed by atoms with Crippen molar-refractivity contribution in [3.8, 4) is 0 Å². The second-order valence-electron chi connectivity index (χ2n) is 7.21. The summed E-state index contributed by atoms with van der Waals surface area (Å²) in [5.41, 5.74) is 11.4. The van der Waals surface area contributed by atoms with Gasteiger partial charge in [0.1, 0.15) is 6.04 Å². The lowest BCUT2D eigenvalue weighted by Crippen LogP contribution is -2.49. The van der Waals surface area contributed by atoms with E-state index < -0.39 is 6.04 Å². The zero-order valence-electron chi connectivity index (χ0n) is 16.4. The number of benzene rings is 2. The number of carbonyl (C=O) groups is 2. The zero-order chi connectivity index (χ0) is 20.6. The van der Waals surface area contributed by atoms with Crippen LogP contribution in [0.15, 0.2) is 47.5 Å². The maximum Gasteiger partial charge on any atom is 0.246 e. The summed E-state index contributed by atoms with van der Waals surface area (Å²) < 4.78 is 0. The topological polar surface area (TPSA) is 135 Å². The molecule has 7 N–H and O–H groups in total. The Balaban J connectivity index is 1.67. The Hall–Kier alpha value is -3.13. The van der Waals surface area contributed by atoms with Gasteiger partial charge in [-0.05, 0) is 55.1 Å². The number of rotatable bonds is 8. The van der Waals surface area contributed by atoms with Gasteiger partial charge in [-0.1, -0.05) is 30.3 Å². The molecular formula is C21H28N6O2. The molecule has 8 heteroatoms. The zero-order valence-corrected chi connectivity index (χ0v) is 16.4. The highest BCUT2D eigenvalue weighted by atomic mass is 16.2. The number of nitrogens with zero attached hydrogens (tertiary/aromatic N) is 1. The standard InChI is InChI=1S/C21H28N6O2/c22-21(23)25-12-4-8-18(27-19(28)17-7-3-11-24-17)20(29)26-16-10-9-14-5-1-2-6-15(14)13-16/h1-2,5-6,9-10,13,17-18,24H,3-4,7-8,11-12H2,(H,26,29)(H,27,28)(H4,22,23,25)/t17-,18-/m0/s1. The van der Waals surface area contributed by atoms with Crippen molar-refractivity contribution >= 4 is 34.2 Å². The number of hydrogen-bond acceptors (Lipinski definition) is 4. The highest BCUT2D eigenvalue weighted by Gasteiger charge is 2.27. The van der Waals surface area contributed by atoms with E-state index in [2.05, 4.69) is 20.9 Å². The molecule has 0 saturated carbocycles. The van der Waals surface area contributed by atoms with Gasteiger partial charge < -0.3 is 27.4 Å². The molecule has 1 heterocycles. The van der Waals surface area contributed by atoms with Crippen molar-refractivity contribution in [2.45, 2.75) is 37.8 Å². The molecule has 154 valence electrons. The molecule has 1 aliphatic heterocycles. The molecule has 1 fully saturated rings. The van der Waals surface area contributed by atoms with Crippen LogP contribution in [0.4, 0.5) is 5.69 Å². The van der Waals surface area contributed by atoms with Crippen molar-refractivity contribution in [3.05, 3.63) is 42.5 Å². The minimum atomic E-state index is -0.662. The first-order valence-corrected chi connectivity index (χ1v) is 9.92. The molecule has 0 unspecified atom stereocenters. The molecule has 0 aliphatic carbocycles. The number of guanidine groups is 1. The number of amides is 2. The van der Waals surface area contributed by atoms with E-state index in [0.717, 1.165) is 30.2 Å². The first-order valence-electron chi connectivity index (χ1n) is 9.92. The van der Waals surface area contributed by atoms with Gasteiger partial charge in [0, 0.05) is 12.2 Å². The smallest absolute Gasteiger partial charge is 0.246 e. The average molecular weight is 396 g/mol. The lowest BCUT2D eigenvalue weighted by Gasteiger charge is -2.20. The van der Waals surface area contributed by atoms with Crippen LogP contribution in [-0.4, -0.2) is 42.9 Å². The Morgan fingerprint density at radius 3 is 2.69 bits per heavy atom. The first kappa shape index (κ1) is 20.6. The monoisotopic (exact) mass is 396 g/mol. The highest BCUT2D eigenvalue weighted by molar-refractivity contribution is 5.99. The fourth-order valence-electron chi connectivity index (χ4n) is 3.45. The summed E-state index contributed by atoms with van der Waals surface area (Å²) >= 11 is 0. The summed E-state index contributed by atoms with van der Waals surface area (Å²) in [4.78, 5) is 29.3. The number of fused-ring (bicyclic) bond motifs is 1. The number of nitrogens with two attached hydrogens (primary N) is 2. The van der Waals surface area contributed by atoms with Crippen molar-refractivity contribution < 1.29 is 9.59 Å². The van der Waals surface area contributed by atoms with Crippen LogP contribution in [0.5, 0.6) is 0 Å². The van der Waals surface area contributed by atoms with Gasteiger partial charge in [-0.2, -0.15) is 0 Å². The summed E-state index contributed by atoms with van der Waals surface area (Å²) in [7, 11) is 0. The van der Waals surface area contributed by atoms with E-state index in [1.54, 1.807) is 0 Å². The number of nitrogens with one attached hydrogen (secondary N) is 3. The maximum absolute atomic E-state index is 12.9. The Kier molecular flexibility index (Phi) is 7.02. The number of carbonyl (C=O) groups excluding carboxylic acids is 2. The second kappa shape index (κ2) is 9.88. The lowest BCUT2D eigenvalue weighted by atomic mass is 10.1. The van der Waals surface area contributed by atoms with Crippen molar-refractivity contribution in [3.63, 3.8) is 0 Å². The average Bonchev–Trinajstić information content (AvgIpc) is 3.25. The van der Waals surface area contributed by atoms with Gasteiger partial charge in [0.25, 0.3) is 0 Å². The van der Waals surface area contributed by atoms with Gasteiger partial charge in [0.05, 0.1) is 6.04 Å². The molecular weight excluding hydrogens is 368 g/mol. The molecule has 0 aromatic heterocycles. The molecule has 29 heavy (non-hydrogen) atoms. The van der Waals surface area contributed by atoms with Crippen LogP contribution >= 0.6 is 0 Å². The third-order valence-electron chi connectivity index (χ3n) is 4.97. The minimum absolute atomic E-state index is 0.0151. The summed E-state index contributed by atoms with van der Waals surface area (Å²) in [6, 6.07) is 12.8. The molecule has 0 spiro atoms. The normalized spacial score (nSPS) is 16.9. The van der Waals surface area contributed by atoms with E-state index in [9.17, 15) is 9.59 Å². The van der Waals surface area contributed by atoms with Crippen molar-refractivity contribution in [1.82, 2.24) is 10.6 Å². The quantitative estimate of drug-likeness (QED) is 0.258. The minimum Gasteiger partial charge on any atom is -0.370 e. The van der Waals surface area contributed by atoms with Crippen LogP contribution < -0.4 is 27.4 Å². The van der Waals surface area contributed by atoms with Crippen LogP contribution in [-0.2, 0) is 9.59 Å². The molecule has 2 aromatic rings. The van der Waals surface area contributed by atoms with Gasteiger partial charge in [-0.25, -0.2) is 0 Å². The van der Waals surface area contributed by atoms with Gasteiger partial charge in [0.15, 0.2) is 5.96 Å². The second-order valence-corrected chi connectivity index (χ2v) is 7.21. The summed E-state index contributed by atoms with van der Waals surface area (Å²) in [5.74, 6) is -0.388. The highest BCUT2D eigenvalue weighted by Crippen LogP contribution is 2.19. The van der Waals surface area contributed by atoms with Crippen molar-refractivity contribution in [2.75, 3.05) is 18.4 Å². The molecule has 2 amide bonds. The fraction of sp³-hybridized carbons (Fsp3) is 0.381. The Morgan fingerprint density at radius 1 is 1.17 bits per heavy atom. The van der Waals surface area contributed by atoms with E-state index in [1.165, 1.54) is 0 Å². The van der Waals surface area contributed by atoms with Crippen LogP contribution in [0.25, 0.3) is 10.8 Å². The molecule has 1 aliphatic rings. The molecule has 3 rings (SSSR count). The Bertz CT molecular complexity index is 888. The van der Waals surface area contributed by atoms with Gasteiger partial charge in [-0.3, -0.25) is 14.6 Å². The van der Waals surface area contributed by atoms with Crippen LogP contribution in [0, 0.1) is 0 Å². The molecule has 0 radical (unpaired) electrons. The SMILES string of the molecule is NC(N)=NCCC[C@H](NC(=O)[C@@H]1CCCN1)C(=O)Nc1ccc2ccccc2c1. The number of anilines is 1. The van der Waals surface area contributed by atoms with Gasteiger partial charge in [0.2, 0.25) is 11.8 Å². The van der Waals surface area contributed by atoms with Crippen LogP contribution in [0.1, 0.15) is 25.7 Å². The van der Waals surface area contributed by atoms with Crippen molar-refractivity contribution in [2.24, 2.45) is 16.5 Å². The maximum atomic E-state index is 12.9.